The molecule has 8 nitrogen and oxygen atoms in total. The van der Waals surface area contributed by atoms with Crippen LogP contribution in [0.15, 0.2) is 68.7 Å². The van der Waals surface area contributed by atoms with E-state index in [9.17, 15) is 14.9 Å². The third-order valence-corrected chi connectivity index (χ3v) is 5.35. The van der Waals surface area contributed by atoms with Crippen LogP contribution in [0.5, 0.6) is 0 Å². The summed E-state index contributed by atoms with van der Waals surface area (Å²) < 4.78 is 11.3. The highest BCUT2D eigenvalue weighted by molar-refractivity contribution is 8.16. The van der Waals surface area contributed by atoms with E-state index in [1.165, 1.54) is 17.8 Å². The van der Waals surface area contributed by atoms with Crippen molar-refractivity contribution in [1.29, 1.82) is 0 Å². The number of thioether (sulfide) groups is 1. The number of ether oxygens (including phenoxy) is 1. The second-order valence-corrected chi connectivity index (χ2v) is 7.18. The Hall–Kier alpha value is -3.33. The molecule has 0 saturated heterocycles. The van der Waals surface area contributed by atoms with Gasteiger partial charge in [-0.05, 0) is 37.5 Å². The highest BCUT2D eigenvalue weighted by Crippen LogP contribution is 2.43. The first-order valence-corrected chi connectivity index (χ1v) is 9.81. The number of nitro benzene ring substituents is 1. The largest absolute Gasteiger partial charge is 0.463 e. The summed E-state index contributed by atoms with van der Waals surface area (Å²) in [4.78, 5) is 29.9. The molecule has 9 heteroatoms. The van der Waals surface area contributed by atoms with Gasteiger partial charge in [0.05, 0.1) is 28.4 Å². The number of carbonyl (C=O) groups excluding carboxylic acids is 1. The van der Waals surface area contributed by atoms with Crippen molar-refractivity contribution in [1.82, 2.24) is 4.90 Å². The lowest BCUT2D eigenvalue weighted by atomic mass is 10.0. The molecular weight excluding hydrogens is 394 g/mol. The van der Waals surface area contributed by atoms with Crippen LogP contribution >= 0.6 is 11.8 Å². The average Bonchev–Trinajstić information content (AvgIpc) is 3.36. The van der Waals surface area contributed by atoms with E-state index in [0.29, 0.717) is 28.4 Å². The van der Waals surface area contributed by atoms with Crippen molar-refractivity contribution < 1.29 is 18.9 Å². The normalized spacial score (nSPS) is 17.9. The molecule has 3 heterocycles. The van der Waals surface area contributed by atoms with Crippen LogP contribution in [0.25, 0.3) is 11.3 Å². The number of hydrogen-bond acceptors (Lipinski definition) is 8. The Labute approximate surface area is 170 Å². The van der Waals surface area contributed by atoms with Crippen molar-refractivity contribution in [3.05, 3.63) is 75.2 Å². The van der Waals surface area contributed by atoms with Gasteiger partial charge in [-0.25, -0.2) is 9.79 Å². The van der Waals surface area contributed by atoms with Crippen LogP contribution in [0.1, 0.15) is 25.6 Å². The average molecular weight is 411 g/mol. The van der Waals surface area contributed by atoms with Gasteiger partial charge in [-0.15, -0.1) is 0 Å². The number of amidine groups is 1. The van der Waals surface area contributed by atoms with Crippen LogP contribution in [0.2, 0.25) is 0 Å². The fraction of sp³-hybridized carbons (Fsp3) is 0.200. The summed E-state index contributed by atoms with van der Waals surface area (Å²) in [6.45, 7) is 3.74. The van der Waals surface area contributed by atoms with Gasteiger partial charge in [0.15, 0.2) is 5.17 Å². The molecule has 0 amide bonds. The molecule has 0 radical (unpaired) electrons. The lowest BCUT2D eigenvalue weighted by Crippen LogP contribution is -2.33. The molecule has 0 N–H and O–H groups in total. The highest BCUT2D eigenvalue weighted by atomic mass is 32.2. The van der Waals surface area contributed by atoms with Crippen LogP contribution < -0.4 is 0 Å². The lowest BCUT2D eigenvalue weighted by molar-refractivity contribution is -0.384. The van der Waals surface area contributed by atoms with Crippen molar-refractivity contribution in [3.8, 4) is 11.3 Å². The second kappa shape index (κ2) is 7.59. The minimum absolute atomic E-state index is 0.0479. The van der Waals surface area contributed by atoms with Crippen LogP contribution in [-0.2, 0) is 9.53 Å². The van der Waals surface area contributed by atoms with Crippen LogP contribution in [0, 0.1) is 10.1 Å². The molecule has 29 heavy (non-hydrogen) atoms. The molecule has 0 unspecified atom stereocenters. The Morgan fingerprint density at radius 2 is 2.14 bits per heavy atom. The van der Waals surface area contributed by atoms with Gasteiger partial charge in [0.25, 0.3) is 5.69 Å². The molecule has 4 rings (SSSR count). The first-order chi connectivity index (χ1) is 14.0. The maximum Gasteiger partial charge on any atom is 0.338 e. The molecule has 2 aromatic rings. The Kier molecular flexibility index (Phi) is 4.98. The molecule has 0 aliphatic carbocycles. The lowest BCUT2D eigenvalue weighted by Gasteiger charge is -2.31. The number of nitrogens with zero attached hydrogens (tertiary/aromatic N) is 3. The number of para-hydroxylation sites is 1. The highest BCUT2D eigenvalue weighted by Gasteiger charge is 2.39. The van der Waals surface area contributed by atoms with E-state index in [0.717, 1.165) is 5.17 Å². The van der Waals surface area contributed by atoms with E-state index >= 15 is 0 Å². The molecule has 0 fully saturated rings. The molecule has 148 valence electrons. The fourth-order valence-corrected chi connectivity index (χ4v) is 4.13. The predicted octanol–water partition coefficient (Wildman–Crippen LogP) is 4.62. The first-order valence-electron chi connectivity index (χ1n) is 8.93. The molecule has 0 saturated carbocycles. The van der Waals surface area contributed by atoms with Gasteiger partial charge in [0, 0.05) is 12.3 Å². The number of carbonyl (C=O) groups is 1. The van der Waals surface area contributed by atoms with E-state index < -0.39 is 16.9 Å². The summed E-state index contributed by atoms with van der Waals surface area (Å²) >= 11 is 1.44. The van der Waals surface area contributed by atoms with Crippen LogP contribution in [-0.4, -0.2) is 27.6 Å². The van der Waals surface area contributed by atoms with Crippen molar-refractivity contribution in [2.45, 2.75) is 19.9 Å². The zero-order chi connectivity index (χ0) is 20.5. The standard InChI is InChI=1S/C20H17N3O5S/c1-3-27-19(24)17-12(2)21-20-22(10-11-29-20)18(17)16-9-8-15(28-16)13-6-4-5-7-14(13)23(25)26/h4-11,18H,3H2,1-2H3/t18-/m1/s1. The number of allylic oxidation sites excluding steroid dienone is 1. The number of rotatable bonds is 5. The van der Waals surface area contributed by atoms with Gasteiger partial charge in [-0.1, -0.05) is 23.9 Å². The number of benzene rings is 1. The Bertz CT molecular complexity index is 1090. The number of fused-ring (bicyclic) bond motifs is 1. The number of nitro groups is 1. The molecular formula is C20H17N3O5S. The zero-order valence-corrected chi connectivity index (χ0v) is 16.5. The number of furan rings is 1. The fourth-order valence-electron chi connectivity index (χ4n) is 3.34. The Morgan fingerprint density at radius 3 is 2.90 bits per heavy atom. The molecule has 0 spiro atoms. The number of aliphatic imine (C=N–C) groups is 1. The van der Waals surface area contributed by atoms with E-state index in [4.69, 9.17) is 9.15 Å². The van der Waals surface area contributed by atoms with Gasteiger partial charge in [0.1, 0.15) is 17.6 Å². The topological polar surface area (TPSA) is 98.2 Å². The van der Waals surface area contributed by atoms with Crippen molar-refractivity contribution >= 4 is 28.6 Å². The quantitative estimate of drug-likeness (QED) is 0.402. The smallest absolute Gasteiger partial charge is 0.338 e. The summed E-state index contributed by atoms with van der Waals surface area (Å²) in [6, 6.07) is 9.21. The van der Waals surface area contributed by atoms with E-state index in [1.807, 2.05) is 16.5 Å². The molecule has 1 aromatic carbocycles. The Morgan fingerprint density at radius 1 is 1.34 bits per heavy atom. The summed E-state index contributed by atoms with van der Waals surface area (Å²) in [5, 5.41) is 14.0. The molecule has 1 aromatic heterocycles. The van der Waals surface area contributed by atoms with Crippen molar-refractivity contribution in [2.24, 2.45) is 4.99 Å². The second-order valence-electron chi connectivity index (χ2n) is 6.30. The van der Waals surface area contributed by atoms with Gasteiger partial charge in [-0.3, -0.25) is 10.1 Å². The van der Waals surface area contributed by atoms with Gasteiger partial charge in [0.2, 0.25) is 0 Å². The van der Waals surface area contributed by atoms with E-state index in [1.54, 1.807) is 44.2 Å². The number of hydrogen-bond donors (Lipinski definition) is 0. The number of esters is 1. The molecule has 1 atom stereocenters. The van der Waals surface area contributed by atoms with E-state index in [2.05, 4.69) is 4.99 Å². The Balaban J connectivity index is 1.79. The summed E-state index contributed by atoms with van der Waals surface area (Å²) in [7, 11) is 0. The van der Waals surface area contributed by atoms with Gasteiger partial charge in [-0.2, -0.15) is 0 Å². The first kappa shape index (κ1) is 19.0. The minimum atomic E-state index is -0.565. The minimum Gasteiger partial charge on any atom is -0.463 e. The van der Waals surface area contributed by atoms with Crippen molar-refractivity contribution in [3.63, 3.8) is 0 Å². The van der Waals surface area contributed by atoms with Gasteiger partial charge < -0.3 is 14.1 Å². The third kappa shape index (κ3) is 3.33. The SMILES string of the molecule is CCOC(=O)C1=C(C)N=C2SC=CN2[C@@H]1c1ccc(-c2ccccc2[N+](=O)[O-])o1. The predicted molar refractivity (Wildman–Crippen MR) is 109 cm³/mol. The zero-order valence-electron chi connectivity index (χ0n) is 15.7. The summed E-state index contributed by atoms with van der Waals surface area (Å²) in [6.07, 6.45) is 1.83. The van der Waals surface area contributed by atoms with Crippen molar-refractivity contribution in [2.75, 3.05) is 6.61 Å². The maximum atomic E-state index is 12.7. The van der Waals surface area contributed by atoms with E-state index in [-0.39, 0.29) is 12.3 Å². The molecule has 2 aliphatic rings. The summed E-state index contributed by atoms with van der Waals surface area (Å²) in [5.41, 5.74) is 1.26. The molecule has 2 aliphatic heterocycles. The summed E-state index contributed by atoms with van der Waals surface area (Å²) in [5.74, 6) is 0.361. The van der Waals surface area contributed by atoms with Crippen LogP contribution in [0.4, 0.5) is 5.69 Å². The van der Waals surface area contributed by atoms with Gasteiger partial charge >= 0.3 is 5.97 Å². The maximum absolute atomic E-state index is 12.7. The monoisotopic (exact) mass is 411 g/mol. The molecule has 0 bridgehead atoms. The third-order valence-electron chi connectivity index (χ3n) is 4.58. The van der Waals surface area contributed by atoms with Crippen LogP contribution in [0.3, 0.4) is 0 Å².